The van der Waals surface area contributed by atoms with Gasteiger partial charge in [0.05, 0.1) is 13.7 Å². The Bertz CT molecular complexity index is 388. The maximum atomic E-state index is 5.49. The summed E-state index contributed by atoms with van der Waals surface area (Å²) in [6, 6.07) is 6.33. The van der Waals surface area contributed by atoms with Crippen LogP contribution in [0.5, 0.6) is 11.5 Å². The van der Waals surface area contributed by atoms with E-state index in [2.05, 4.69) is 31.3 Å². The van der Waals surface area contributed by atoms with Crippen molar-refractivity contribution in [3.8, 4) is 11.5 Å². The molecule has 1 N–H and O–H groups in total. The van der Waals surface area contributed by atoms with Crippen molar-refractivity contribution in [1.29, 1.82) is 0 Å². The second-order valence-corrected chi connectivity index (χ2v) is 4.05. The molecule has 1 aromatic carbocycles. The molecule has 1 unspecified atom stereocenters. The molecule has 0 heterocycles. The minimum Gasteiger partial charge on any atom is -0.493 e. The van der Waals surface area contributed by atoms with E-state index in [1.807, 2.05) is 25.1 Å². The first kappa shape index (κ1) is 14.6. The molecule has 0 bridgehead atoms. The summed E-state index contributed by atoms with van der Waals surface area (Å²) in [7, 11) is 1.66. The molecule has 0 saturated heterocycles. The molecule has 0 aliphatic rings. The lowest BCUT2D eigenvalue weighted by molar-refractivity contribution is 0.311. The van der Waals surface area contributed by atoms with E-state index in [9.17, 15) is 0 Å². The molecule has 0 radical (unpaired) electrons. The molecular weight excluding hydrogens is 226 g/mol. The fourth-order valence-electron chi connectivity index (χ4n) is 1.71. The Balaban J connectivity index is 2.78. The second-order valence-electron chi connectivity index (χ2n) is 4.05. The van der Waals surface area contributed by atoms with Gasteiger partial charge in [-0.05, 0) is 38.1 Å². The molecule has 1 aromatic rings. The van der Waals surface area contributed by atoms with Crippen molar-refractivity contribution in [2.75, 3.05) is 20.3 Å². The van der Waals surface area contributed by atoms with E-state index in [1.165, 1.54) is 0 Å². The number of ether oxygens (including phenoxy) is 2. The number of nitrogens with one attached hydrogen (secondary N) is 1. The molecule has 0 amide bonds. The first-order valence-corrected chi connectivity index (χ1v) is 6.43. The summed E-state index contributed by atoms with van der Waals surface area (Å²) < 4.78 is 10.8. The van der Waals surface area contributed by atoms with E-state index < -0.39 is 0 Å². The lowest BCUT2D eigenvalue weighted by Gasteiger charge is -2.10. The highest BCUT2D eigenvalue weighted by Gasteiger charge is 2.03. The van der Waals surface area contributed by atoms with Crippen LogP contribution in [0.25, 0.3) is 6.08 Å². The zero-order valence-electron chi connectivity index (χ0n) is 11.7. The van der Waals surface area contributed by atoms with Gasteiger partial charge >= 0.3 is 0 Å². The summed E-state index contributed by atoms with van der Waals surface area (Å²) >= 11 is 0. The SMILES string of the molecule is CCNC(C)/C=C/c1ccc(OCC)c(OC)c1. The van der Waals surface area contributed by atoms with E-state index in [1.54, 1.807) is 7.11 Å². The molecule has 3 nitrogen and oxygen atoms in total. The van der Waals surface area contributed by atoms with Crippen LogP contribution in [-0.4, -0.2) is 26.3 Å². The minimum atomic E-state index is 0.368. The molecule has 1 rings (SSSR count). The van der Waals surface area contributed by atoms with Crippen molar-refractivity contribution in [3.05, 3.63) is 29.8 Å². The molecule has 0 saturated carbocycles. The largest absolute Gasteiger partial charge is 0.493 e. The smallest absolute Gasteiger partial charge is 0.161 e. The van der Waals surface area contributed by atoms with E-state index in [0.29, 0.717) is 12.6 Å². The Labute approximate surface area is 110 Å². The molecule has 1 atom stereocenters. The van der Waals surface area contributed by atoms with Crippen LogP contribution in [0.4, 0.5) is 0 Å². The van der Waals surface area contributed by atoms with Gasteiger partial charge in [-0.3, -0.25) is 0 Å². The van der Waals surface area contributed by atoms with Crippen LogP contribution in [-0.2, 0) is 0 Å². The standard InChI is InChI=1S/C15H23NO2/c1-5-16-12(3)7-8-13-9-10-14(18-6-2)15(11-13)17-4/h7-12,16H,5-6H2,1-4H3/b8-7+. The molecule has 0 aliphatic carbocycles. The fourth-order valence-corrected chi connectivity index (χ4v) is 1.71. The first-order chi connectivity index (χ1) is 8.71. The number of likely N-dealkylation sites (N-methyl/N-ethyl adjacent to an activating group) is 1. The van der Waals surface area contributed by atoms with Crippen molar-refractivity contribution in [1.82, 2.24) is 5.32 Å². The first-order valence-electron chi connectivity index (χ1n) is 6.43. The average molecular weight is 249 g/mol. The van der Waals surface area contributed by atoms with Gasteiger partial charge < -0.3 is 14.8 Å². The lowest BCUT2D eigenvalue weighted by atomic mass is 10.1. The van der Waals surface area contributed by atoms with Crippen LogP contribution in [0.3, 0.4) is 0 Å². The summed E-state index contributed by atoms with van der Waals surface area (Å²) in [6.45, 7) is 7.81. The van der Waals surface area contributed by atoms with Gasteiger partial charge in [-0.1, -0.05) is 25.1 Å². The summed E-state index contributed by atoms with van der Waals surface area (Å²) in [4.78, 5) is 0. The fraction of sp³-hybridized carbons (Fsp3) is 0.467. The van der Waals surface area contributed by atoms with Gasteiger partial charge in [-0.2, -0.15) is 0 Å². The molecule has 3 heteroatoms. The van der Waals surface area contributed by atoms with E-state index in [0.717, 1.165) is 23.6 Å². The maximum absolute atomic E-state index is 5.49. The third-order valence-electron chi connectivity index (χ3n) is 2.59. The number of methoxy groups -OCH3 is 1. The summed E-state index contributed by atoms with van der Waals surface area (Å²) in [5.41, 5.74) is 1.11. The van der Waals surface area contributed by atoms with Crippen LogP contribution >= 0.6 is 0 Å². The zero-order valence-corrected chi connectivity index (χ0v) is 11.7. The van der Waals surface area contributed by atoms with Crippen LogP contribution in [0, 0.1) is 0 Å². The van der Waals surface area contributed by atoms with Crippen LogP contribution in [0.2, 0.25) is 0 Å². The van der Waals surface area contributed by atoms with Crippen LogP contribution < -0.4 is 14.8 Å². The molecular formula is C15H23NO2. The maximum Gasteiger partial charge on any atom is 0.161 e. The van der Waals surface area contributed by atoms with Crippen molar-refractivity contribution in [2.45, 2.75) is 26.8 Å². The average Bonchev–Trinajstić information content (AvgIpc) is 2.38. The summed E-state index contributed by atoms with van der Waals surface area (Å²) in [6.07, 6.45) is 4.23. The number of rotatable bonds is 7. The topological polar surface area (TPSA) is 30.5 Å². The van der Waals surface area contributed by atoms with Crippen molar-refractivity contribution >= 4 is 6.08 Å². The van der Waals surface area contributed by atoms with Gasteiger partial charge in [-0.25, -0.2) is 0 Å². The monoisotopic (exact) mass is 249 g/mol. The normalized spacial score (nSPS) is 12.7. The predicted molar refractivity (Wildman–Crippen MR) is 76.3 cm³/mol. The third-order valence-corrected chi connectivity index (χ3v) is 2.59. The van der Waals surface area contributed by atoms with Gasteiger partial charge in [0.15, 0.2) is 11.5 Å². The Hall–Kier alpha value is -1.48. The van der Waals surface area contributed by atoms with Gasteiger partial charge in [0, 0.05) is 6.04 Å². The molecule has 0 aromatic heterocycles. The highest BCUT2D eigenvalue weighted by Crippen LogP contribution is 2.28. The predicted octanol–water partition coefficient (Wildman–Crippen LogP) is 3.11. The Morgan fingerprint density at radius 2 is 2.06 bits per heavy atom. The van der Waals surface area contributed by atoms with Gasteiger partial charge in [0.1, 0.15) is 0 Å². The van der Waals surface area contributed by atoms with E-state index in [4.69, 9.17) is 9.47 Å². The van der Waals surface area contributed by atoms with Gasteiger partial charge in [-0.15, -0.1) is 0 Å². The zero-order chi connectivity index (χ0) is 13.4. The molecule has 18 heavy (non-hydrogen) atoms. The quantitative estimate of drug-likeness (QED) is 0.805. The van der Waals surface area contributed by atoms with Gasteiger partial charge in [0.25, 0.3) is 0 Å². The van der Waals surface area contributed by atoms with Gasteiger partial charge in [0.2, 0.25) is 0 Å². The van der Waals surface area contributed by atoms with E-state index >= 15 is 0 Å². The van der Waals surface area contributed by atoms with Crippen LogP contribution in [0.1, 0.15) is 26.3 Å². The minimum absolute atomic E-state index is 0.368. The van der Waals surface area contributed by atoms with Crippen molar-refractivity contribution in [3.63, 3.8) is 0 Å². The Morgan fingerprint density at radius 1 is 1.28 bits per heavy atom. The third kappa shape index (κ3) is 4.41. The van der Waals surface area contributed by atoms with Crippen molar-refractivity contribution < 1.29 is 9.47 Å². The lowest BCUT2D eigenvalue weighted by Crippen LogP contribution is -2.22. The van der Waals surface area contributed by atoms with Crippen LogP contribution in [0.15, 0.2) is 24.3 Å². The molecule has 0 spiro atoms. The molecule has 100 valence electrons. The second kappa shape index (κ2) is 7.77. The molecule has 0 aliphatic heterocycles. The Morgan fingerprint density at radius 3 is 2.67 bits per heavy atom. The highest BCUT2D eigenvalue weighted by atomic mass is 16.5. The number of hydrogen-bond acceptors (Lipinski definition) is 3. The highest BCUT2D eigenvalue weighted by molar-refractivity contribution is 5.56. The summed E-state index contributed by atoms with van der Waals surface area (Å²) in [5.74, 6) is 1.56. The number of hydrogen-bond donors (Lipinski definition) is 1. The Kier molecular flexibility index (Phi) is 6.29. The van der Waals surface area contributed by atoms with E-state index in [-0.39, 0.29) is 0 Å². The summed E-state index contributed by atoms with van der Waals surface area (Å²) in [5, 5.41) is 3.33. The van der Waals surface area contributed by atoms with Crippen molar-refractivity contribution in [2.24, 2.45) is 0 Å². The number of benzene rings is 1. The molecule has 0 fully saturated rings.